The minimum Gasteiger partial charge on any atom is -0.374 e. The number of nitrogen functional groups attached to an aromatic ring is 1. The van der Waals surface area contributed by atoms with E-state index < -0.39 is 0 Å². The second-order valence-corrected chi connectivity index (χ2v) is 5.13. The zero-order valence-corrected chi connectivity index (χ0v) is 8.33. The predicted molar refractivity (Wildman–Crippen MR) is 53.6 cm³/mol. The van der Waals surface area contributed by atoms with Crippen LogP contribution in [0, 0.1) is 0 Å². The first-order valence-corrected chi connectivity index (χ1v) is 6.00. The molecule has 3 nitrogen and oxygen atoms in total. The van der Waals surface area contributed by atoms with E-state index in [1.165, 1.54) is 24.3 Å². The summed E-state index contributed by atoms with van der Waals surface area (Å²) >= 11 is 3.57. The lowest BCUT2D eigenvalue weighted by atomic mass is 10.0. The predicted octanol–water partition coefficient (Wildman–Crippen LogP) is 1.73. The van der Waals surface area contributed by atoms with Crippen molar-refractivity contribution in [2.75, 3.05) is 17.2 Å². The summed E-state index contributed by atoms with van der Waals surface area (Å²) in [6.45, 7) is 0. The first kappa shape index (κ1) is 8.31. The zero-order chi connectivity index (χ0) is 8.39. The Morgan fingerprint density at radius 1 is 1.25 bits per heavy atom. The van der Waals surface area contributed by atoms with E-state index in [-0.39, 0.29) is 0 Å². The molecule has 0 atom stereocenters. The van der Waals surface area contributed by atoms with Crippen LogP contribution in [0.5, 0.6) is 0 Å². The smallest absolute Gasteiger partial charge is 0.203 e. The van der Waals surface area contributed by atoms with Crippen LogP contribution in [0.15, 0.2) is 0 Å². The van der Waals surface area contributed by atoms with Gasteiger partial charge in [0.25, 0.3) is 0 Å². The third-order valence-electron chi connectivity index (χ3n) is 2.03. The van der Waals surface area contributed by atoms with Crippen molar-refractivity contribution in [3.05, 3.63) is 5.01 Å². The molecule has 0 amide bonds. The second kappa shape index (κ2) is 3.62. The molecule has 12 heavy (non-hydrogen) atoms. The fraction of sp³-hybridized carbons (Fsp3) is 0.714. The van der Waals surface area contributed by atoms with Gasteiger partial charge in [-0.05, 0) is 24.3 Å². The second-order valence-electron chi connectivity index (χ2n) is 2.87. The lowest BCUT2D eigenvalue weighted by Crippen LogP contribution is -2.07. The number of thioether (sulfide) groups is 1. The molecular formula is C7H11N3S2. The SMILES string of the molecule is Nc1nnc(C2CCSCC2)s1. The lowest BCUT2D eigenvalue weighted by molar-refractivity contribution is 0.626. The quantitative estimate of drug-likeness (QED) is 0.752. The van der Waals surface area contributed by atoms with Crippen molar-refractivity contribution in [3.8, 4) is 0 Å². The molecule has 1 aliphatic rings. The van der Waals surface area contributed by atoms with E-state index in [9.17, 15) is 0 Å². The molecule has 66 valence electrons. The summed E-state index contributed by atoms with van der Waals surface area (Å²) in [5.41, 5.74) is 5.52. The number of rotatable bonds is 1. The first-order valence-electron chi connectivity index (χ1n) is 4.03. The van der Waals surface area contributed by atoms with Gasteiger partial charge in [0.1, 0.15) is 5.01 Å². The van der Waals surface area contributed by atoms with E-state index in [2.05, 4.69) is 10.2 Å². The molecule has 0 unspecified atom stereocenters. The summed E-state index contributed by atoms with van der Waals surface area (Å²) in [7, 11) is 0. The van der Waals surface area contributed by atoms with Crippen molar-refractivity contribution < 1.29 is 0 Å². The number of nitrogens with zero attached hydrogens (tertiary/aromatic N) is 2. The maximum Gasteiger partial charge on any atom is 0.203 e. The number of hydrogen-bond donors (Lipinski definition) is 1. The van der Waals surface area contributed by atoms with E-state index in [1.807, 2.05) is 11.8 Å². The Labute approximate surface area is 79.8 Å². The Bertz CT molecular complexity index is 255. The maximum absolute atomic E-state index is 5.52. The molecule has 0 aliphatic carbocycles. The molecule has 1 fully saturated rings. The molecule has 1 aromatic heterocycles. The highest BCUT2D eigenvalue weighted by molar-refractivity contribution is 7.99. The highest BCUT2D eigenvalue weighted by Gasteiger charge is 2.19. The Morgan fingerprint density at radius 2 is 2.00 bits per heavy atom. The van der Waals surface area contributed by atoms with Gasteiger partial charge in [0.2, 0.25) is 5.13 Å². The zero-order valence-electron chi connectivity index (χ0n) is 6.69. The molecule has 2 heterocycles. The van der Waals surface area contributed by atoms with Crippen molar-refractivity contribution in [2.24, 2.45) is 0 Å². The van der Waals surface area contributed by atoms with Gasteiger partial charge in [0.15, 0.2) is 0 Å². The van der Waals surface area contributed by atoms with Crippen LogP contribution in [-0.4, -0.2) is 21.7 Å². The van der Waals surface area contributed by atoms with Crippen LogP contribution in [0.4, 0.5) is 5.13 Å². The van der Waals surface area contributed by atoms with Crippen LogP contribution in [-0.2, 0) is 0 Å². The van der Waals surface area contributed by atoms with Gasteiger partial charge in [-0.15, -0.1) is 10.2 Å². The molecule has 2 rings (SSSR count). The number of aromatic nitrogens is 2. The minimum absolute atomic E-state index is 0.600. The van der Waals surface area contributed by atoms with Gasteiger partial charge in [0, 0.05) is 5.92 Å². The molecule has 1 aliphatic heterocycles. The van der Waals surface area contributed by atoms with Gasteiger partial charge >= 0.3 is 0 Å². The fourth-order valence-corrected chi connectivity index (χ4v) is 3.24. The van der Waals surface area contributed by atoms with Gasteiger partial charge in [-0.3, -0.25) is 0 Å². The standard InChI is InChI=1S/C7H11N3S2/c8-7-10-9-6(12-7)5-1-3-11-4-2-5/h5H,1-4H2,(H2,8,10). The molecule has 1 saturated heterocycles. The fourth-order valence-electron chi connectivity index (χ4n) is 1.36. The van der Waals surface area contributed by atoms with Crippen LogP contribution >= 0.6 is 23.1 Å². The third-order valence-corrected chi connectivity index (χ3v) is 3.99. The number of nitrogens with two attached hydrogens (primary N) is 1. The Morgan fingerprint density at radius 3 is 2.58 bits per heavy atom. The van der Waals surface area contributed by atoms with Crippen LogP contribution < -0.4 is 5.73 Å². The van der Waals surface area contributed by atoms with E-state index >= 15 is 0 Å². The van der Waals surface area contributed by atoms with Gasteiger partial charge in [-0.1, -0.05) is 11.3 Å². The highest BCUT2D eigenvalue weighted by atomic mass is 32.2. The average molecular weight is 201 g/mol. The van der Waals surface area contributed by atoms with Gasteiger partial charge in [0.05, 0.1) is 0 Å². The molecule has 0 aromatic carbocycles. The topological polar surface area (TPSA) is 51.8 Å². The van der Waals surface area contributed by atoms with E-state index in [0.717, 1.165) is 5.01 Å². The molecule has 1 aromatic rings. The Hall–Kier alpha value is -0.290. The summed E-state index contributed by atoms with van der Waals surface area (Å²) in [5.74, 6) is 3.13. The van der Waals surface area contributed by atoms with Crippen LogP contribution in [0.1, 0.15) is 23.8 Å². The van der Waals surface area contributed by atoms with Crippen molar-refractivity contribution in [2.45, 2.75) is 18.8 Å². The van der Waals surface area contributed by atoms with Crippen molar-refractivity contribution in [1.29, 1.82) is 0 Å². The third kappa shape index (κ3) is 1.72. The number of anilines is 1. The molecule has 5 heteroatoms. The highest BCUT2D eigenvalue weighted by Crippen LogP contribution is 2.33. The number of hydrogen-bond acceptors (Lipinski definition) is 5. The minimum atomic E-state index is 0.600. The molecule has 0 radical (unpaired) electrons. The first-order chi connectivity index (χ1) is 5.86. The average Bonchev–Trinajstić information content (AvgIpc) is 2.54. The maximum atomic E-state index is 5.52. The van der Waals surface area contributed by atoms with Crippen molar-refractivity contribution >= 4 is 28.2 Å². The van der Waals surface area contributed by atoms with Gasteiger partial charge in [-0.25, -0.2) is 0 Å². The summed E-state index contributed by atoms with van der Waals surface area (Å²) in [6.07, 6.45) is 2.47. The van der Waals surface area contributed by atoms with Gasteiger partial charge < -0.3 is 5.73 Å². The molecule has 0 spiro atoms. The Balaban J connectivity index is 2.08. The summed E-state index contributed by atoms with van der Waals surface area (Å²) in [5, 5.41) is 9.64. The van der Waals surface area contributed by atoms with Gasteiger partial charge in [-0.2, -0.15) is 11.8 Å². The molecular weight excluding hydrogens is 190 g/mol. The summed E-state index contributed by atoms with van der Waals surface area (Å²) < 4.78 is 0. The lowest BCUT2D eigenvalue weighted by Gasteiger charge is -2.17. The normalized spacial score (nSPS) is 19.7. The molecule has 0 saturated carbocycles. The summed E-state index contributed by atoms with van der Waals surface area (Å²) in [4.78, 5) is 0. The molecule has 0 bridgehead atoms. The van der Waals surface area contributed by atoms with Crippen molar-refractivity contribution in [3.63, 3.8) is 0 Å². The van der Waals surface area contributed by atoms with E-state index in [1.54, 1.807) is 11.3 Å². The largest absolute Gasteiger partial charge is 0.374 e. The van der Waals surface area contributed by atoms with E-state index in [0.29, 0.717) is 11.0 Å². The van der Waals surface area contributed by atoms with Crippen LogP contribution in [0.2, 0.25) is 0 Å². The van der Waals surface area contributed by atoms with Crippen LogP contribution in [0.3, 0.4) is 0 Å². The van der Waals surface area contributed by atoms with E-state index in [4.69, 9.17) is 5.73 Å². The summed E-state index contributed by atoms with van der Waals surface area (Å²) in [6, 6.07) is 0. The molecule has 2 N–H and O–H groups in total. The Kier molecular flexibility index (Phi) is 2.51. The monoisotopic (exact) mass is 201 g/mol. The van der Waals surface area contributed by atoms with Crippen LogP contribution in [0.25, 0.3) is 0 Å². The van der Waals surface area contributed by atoms with Crippen molar-refractivity contribution in [1.82, 2.24) is 10.2 Å².